The number of para-hydroxylation sites is 1. The van der Waals surface area contributed by atoms with Crippen LogP contribution in [-0.2, 0) is 11.0 Å². The van der Waals surface area contributed by atoms with Gasteiger partial charge in [-0.1, -0.05) is 12.1 Å². The van der Waals surface area contributed by atoms with Crippen molar-refractivity contribution in [2.24, 2.45) is 0 Å². The highest BCUT2D eigenvalue weighted by atomic mass is 19.4. The van der Waals surface area contributed by atoms with Crippen molar-refractivity contribution in [1.29, 1.82) is 0 Å². The molecular weight excluding hydrogens is 375 g/mol. The molecule has 1 saturated heterocycles. The SMILES string of the molecule is CC(=O)N1CCN(c2ncc(C(=O)Nc3ccccc3C(F)(F)F)cn2)CC1. The maximum atomic E-state index is 13.0. The van der Waals surface area contributed by atoms with E-state index in [1.165, 1.54) is 37.5 Å². The second kappa shape index (κ2) is 7.83. The van der Waals surface area contributed by atoms with E-state index in [4.69, 9.17) is 0 Å². The minimum atomic E-state index is -4.58. The second-order valence-corrected chi connectivity index (χ2v) is 6.26. The van der Waals surface area contributed by atoms with Gasteiger partial charge in [0.1, 0.15) is 0 Å². The molecule has 28 heavy (non-hydrogen) atoms. The molecule has 2 heterocycles. The molecule has 0 unspecified atom stereocenters. The Hall–Kier alpha value is -3.17. The molecule has 10 heteroatoms. The molecule has 0 radical (unpaired) electrons. The normalized spacial score (nSPS) is 14.7. The van der Waals surface area contributed by atoms with Crippen LogP contribution in [0.15, 0.2) is 36.7 Å². The van der Waals surface area contributed by atoms with Gasteiger partial charge in [0.15, 0.2) is 0 Å². The van der Waals surface area contributed by atoms with Crippen molar-refractivity contribution >= 4 is 23.5 Å². The van der Waals surface area contributed by atoms with Crippen molar-refractivity contribution in [3.8, 4) is 0 Å². The monoisotopic (exact) mass is 393 g/mol. The molecule has 1 fully saturated rings. The second-order valence-electron chi connectivity index (χ2n) is 6.26. The number of hydrogen-bond acceptors (Lipinski definition) is 5. The highest BCUT2D eigenvalue weighted by Gasteiger charge is 2.33. The molecule has 0 aliphatic carbocycles. The number of piperazine rings is 1. The Balaban J connectivity index is 1.68. The molecule has 7 nitrogen and oxygen atoms in total. The van der Waals surface area contributed by atoms with Gasteiger partial charge in [0, 0.05) is 45.5 Å². The molecule has 0 spiro atoms. The van der Waals surface area contributed by atoms with E-state index in [1.807, 2.05) is 4.90 Å². The zero-order valence-electron chi connectivity index (χ0n) is 15.0. The minimum Gasteiger partial charge on any atom is -0.339 e. The molecule has 148 valence electrons. The first-order valence-corrected chi connectivity index (χ1v) is 8.56. The zero-order valence-corrected chi connectivity index (χ0v) is 15.0. The third-order valence-corrected chi connectivity index (χ3v) is 4.39. The summed E-state index contributed by atoms with van der Waals surface area (Å²) in [6, 6.07) is 4.74. The Kier molecular flexibility index (Phi) is 5.48. The first kappa shape index (κ1) is 19.6. The van der Waals surface area contributed by atoms with Gasteiger partial charge in [-0.25, -0.2) is 9.97 Å². The summed E-state index contributed by atoms with van der Waals surface area (Å²) in [5.41, 5.74) is -1.21. The van der Waals surface area contributed by atoms with Crippen LogP contribution >= 0.6 is 0 Å². The van der Waals surface area contributed by atoms with E-state index in [-0.39, 0.29) is 17.2 Å². The maximum Gasteiger partial charge on any atom is 0.418 e. The van der Waals surface area contributed by atoms with Crippen molar-refractivity contribution in [3.05, 3.63) is 47.8 Å². The fourth-order valence-electron chi connectivity index (χ4n) is 2.86. The molecule has 0 bridgehead atoms. The molecular formula is C18H18F3N5O2. The zero-order chi connectivity index (χ0) is 20.3. The maximum absolute atomic E-state index is 13.0. The Morgan fingerprint density at radius 1 is 1.04 bits per heavy atom. The number of carbonyl (C=O) groups is 2. The minimum absolute atomic E-state index is 0.00623. The molecule has 0 saturated carbocycles. The van der Waals surface area contributed by atoms with Crippen LogP contribution in [-0.4, -0.2) is 52.9 Å². The fourth-order valence-corrected chi connectivity index (χ4v) is 2.86. The summed E-state index contributed by atoms with van der Waals surface area (Å²) < 4.78 is 39.1. The number of rotatable bonds is 3. The highest BCUT2D eigenvalue weighted by molar-refractivity contribution is 6.04. The van der Waals surface area contributed by atoms with Crippen molar-refractivity contribution in [2.45, 2.75) is 13.1 Å². The highest BCUT2D eigenvalue weighted by Crippen LogP contribution is 2.34. The van der Waals surface area contributed by atoms with Crippen LogP contribution in [0.1, 0.15) is 22.8 Å². The van der Waals surface area contributed by atoms with Gasteiger partial charge in [-0.05, 0) is 12.1 Å². The number of aromatic nitrogens is 2. The van der Waals surface area contributed by atoms with E-state index >= 15 is 0 Å². The lowest BCUT2D eigenvalue weighted by Crippen LogP contribution is -2.48. The van der Waals surface area contributed by atoms with Crippen molar-refractivity contribution in [1.82, 2.24) is 14.9 Å². The Morgan fingerprint density at radius 3 is 2.21 bits per heavy atom. The summed E-state index contributed by atoms with van der Waals surface area (Å²) in [5, 5.41) is 2.25. The third kappa shape index (κ3) is 4.38. The van der Waals surface area contributed by atoms with Gasteiger partial charge >= 0.3 is 6.18 Å². The van der Waals surface area contributed by atoms with Crippen LogP contribution in [0.5, 0.6) is 0 Å². The van der Waals surface area contributed by atoms with Crippen molar-refractivity contribution in [2.75, 3.05) is 36.4 Å². The molecule has 1 aromatic heterocycles. The average molecular weight is 393 g/mol. The van der Waals surface area contributed by atoms with Crippen LogP contribution in [0.25, 0.3) is 0 Å². The summed E-state index contributed by atoms with van der Waals surface area (Å²) in [5.74, 6) is -0.327. The predicted molar refractivity (Wildman–Crippen MR) is 95.9 cm³/mol. The molecule has 0 atom stereocenters. The van der Waals surface area contributed by atoms with Gasteiger partial charge in [0.2, 0.25) is 11.9 Å². The van der Waals surface area contributed by atoms with Crippen LogP contribution in [0.3, 0.4) is 0 Å². The number of amides is 2. The van der Waals surface area contributed by atoms with Crippen molar-refractivity contribution < 1.29 is 22.8 Å². The Bertz CT molecular complexity index is 862. The number of nitrogens with zero attached hydrogens (tertiary/aromatic N) is 4. The van der Waals surface area contributed by atoms with Gasteiger partial charge in [-0.15, -0.1) is 0 Å². The van der Waals surface area contributed by atoms with Gasteiger partial charge in [0.05, 0.1) is 16.8 Å². The summed E-state index contributed by atoms with van der Waals surface area (Å²) in [4.78, 5) is 35.5. The van der Waals surface area contributed by atoms with Crippen LogP contribution in [0, 0.1) is 0 Å². The summed E-state index contributed by atoms with van der Waals surface area (Å²) in [6.07, 6.45) is -2.04. The lowest BCUT2D eigenvalue weighted by atomic mass is 10.1. The molecule has 1 aliphatic rings. The molecule has 1 aliphatic heterocycles. The number of benzene rings is 1. The van der Waals surface area contributed by atoms with Crippen LogP contribution < -0.4 is 10.2 Å². The quantitative estimate of drug-likeness (QED) is 0.867. The summed E-state index contributed by atoms with van der Waals surface area (Å²) >= 11 is 0. The van der Waals surface area contributed by atoms with E-state index in [0.29, 0.717) is 32.1 Å². The van der Waals surface area contributed by atoms with Gasteiger partial charge < -0.3 is 15.1 Å². The van der Waals surface area contributed by atoms with Gasteiger partial charge in [-0.3, -0.25) is 9.59 Å². The number of nitrogens with one attached hydrogen (secondary N) is 1. The van der Waals surface area contributed by atoms with Gasteiger partial charge in [0.25, 0.3) is 5.91 Å². The summed E-state index contributed by atoms with van der Waals surface area (Å²) in [7, 11) is 0. The largest absolute Gasteiger partial charge is 0.418 e. The first-order chi connectivity index (χ1) is 13.3. The number of carbonyl (C=O) groups excluding carboxylic acids is 2. The molecule has 2 aromatic rings. The summed E-state index contributed by atoms with van der Waals surface area (Å²) in [6.45, 7) is 3.73. The molecule has 1 N–H and O–H groups in total. The van der Waals surface area contributed by atoms with E-state index in [1.54, 1.807) is 4.90 Å². The van der Waals surface area contributed by atoms with E-state index in [0.717, 1.165) is 6.07 Å². The molecule has 1 aromatic carbocycles. The van der Waals surface area contributed by atoms with Crippen LogP contribution in [0.4, 0.5) is 24.8 Å². The van der Waals surface area contributed by atoms with E-state index in [9.17, 15) is 22.8 Å². The third-order valence-electron chi connectivity index (χ3n) is 4.39. The number of halogens is 3. The predicted octanol–water partition coefficient (Wildman–Crippen LogP) is 2.42. The topological polar surface area (TPSA) is 78.4 Å². The fraction of sp³-hybridized carbons (Fsp3) is 0.333. The van der Waals surface area contributed by atoms with E-state index < -0.39 is 17.6 Å². The molecule has 2 amide bonds. The number of alkyl halides is 3. The average Bonchev–Trinajstić information content (AvgIpc) is 2.68. The lowest BCUT2D eigenvalue weighted by Gasteiger charge is -2.34. The first-order valence-electron chi connectivity index (χ1n) is 8.56. The van der Waals surface area contributed by atoms with E-state index in [2.05, 4.69) is 15.3 Å². The van der Waals surface area contributed by atoms with Gasteiger partial charge in [-0.2, -0.15) is 13.2 Å². The number of hydrogen-bond donors (Lipinski definition) is 1. The van der Waals surface area contributed by atoms with Crippen LogP contribution in [0.2, 0.25) is 0 Å². The van der Waals surface area contributed by atoms with Crippen molar-refractivity contribution in [3.63, 3.8) is 0 Å². The number of anilines is 2. The lowest BCUT2D eigenvalue weighted by molar-refractivity contribution is -0.137. The Morgan fingerprint density at radius 2 is 1.64 bits per heavy atom. The standard InChI is InChI=1S/C18H18F3N5O2/c1-12(27)25-6-8-26(9-7-25)17-22-10-13(11-23-17)16(28)24-15-5-3-2-4-14(15)18(19,20)21/h2-5,10-11H,6-9H2,1H3,(H,24,28). The smallest absolute Gasteiger partial charge is 0.339 e. The Labute approximate surface area is 159 Å². The molecule has 3 rings (SSSR count).